The number of nitrogens with zero attached hydrogens (tertiary/aromatic N) is 1. The molecule has 1 heterocycles. The summed E-state index contributed by atoms with van der Waals surface area (Å²) in [5.74, 6) is -0.580. The molecule has 2 rings (SSSR count). The summed E-state index contributed by atoms with van der Waals surface area (Å²) in [4.78, 5) is 6.57. The molecular formula is C12H15FN2O5. The third kappa shape index (κ3) is 2.79. The molecule has 4 atom stereocenters. The minimum Gasteiger partial charge on any atom is -0.394 e. The second-order valence-corrected chi connectivity index (χ2v) is 4.46. The number of aliphatic hydroxyl groups is 5. The molecule has 0 radical (unpaired) electrons. The van der Waals surface area contributed by atoms with Crippen LogP contribution < -0.4 is 0 Å². The molecule has 1 aromatic heterocycles. The second-order valence-electron chi connectivity index (χ2n) is 4.46. The molecule has 0 saturated heterocycles. The highest BCUT2D eigenvalue weighted by atomic mass is 19.1. The standard InChI is InChI=1S/C12H15FN2O5/c13-5-1-2-6-7(3-5)15-12(14-6)11(20)10(19)9(18)8(17)4-16/h1-3,8-11,16-20H,4H2,(H,14,15)/t8?,9?,10?,11-/m0/s1. The van der Waals surface area contributed by atoms with E-state index < -0.39 is 36.8 Å². The normalized spacial score (nSPS) is 17.9. The van der Waals surface area contributed by atoms with Crippen LogP contribution in [0.3, 0.4) is 0 Å². The van der Waals surface area contributed by atoms with Crippen molar-refractivity contribution in [3.63, 3.8) is 0 Å². The molecule has 20 heavy (non-hydrogen) atoms. The Morgan fingerprint density at radius 1 is 1.15 bits per heavy atom. The van der Waals surface area contributed by atoms with Gasteiger partial charge in [0, 0.05) is 6.07 Å². The lowest BCUT2D eigenvalue weighted by molar-refractivity contribution is -0.117. The number of hydrogen-bond donors (Lipinski definition) is 6. The zero-order valence-electron chi connectivity index (χ0n) is 10.3. The fraction of sp³-hybridized carbons (Fsp3) is 0.417. The lowest BCUT2D eigenvalue weighted by Crippen LogP contribution is -2.42. The SMILES string of the molecule is OCC(O)C(O)C(O)[C@H](O)c1nc2cc(F)ccc2[nH]1. The maximum Gasteiger partial charge on any atom is 0.140 e. The Morgan fingerprint density at radius 3 is 2.50 bits per heavy atom. The maximum absolute atomic E-state index is 13.0. The van der Waals surface area contributed by atoms with E-state index in [1.807, 2.05) is 0 Å². The van der Waals surface area contributed by atoms with Gasteiger partial charge >= 0.3 is 0 Å². The third-order valence-electron chi connectivity index (χ3n) is 3.00. The van der Waals surface area contributed by atoms with Gasteiger partial charge in [0.1, 0.15) is 36.1 Å². The topological polar surface area (TPSA) is 130 Å². The van der Waals surface area contributed by atoms with Crippen molar-refractivity contribution in [2.45, 2.75) is 24.4 Å². The summed E-state index contributed by atoms with van der Waals surface area (Å²) in [7, 11) is 0. The molecule has 0 aliphatic rings. The van der Waals surface area contributed by atoms with Crippen molar-refractivity contribution >= 4 is 11.0 Å². The second kappa shape index (κ2) is 5.81. The van der Waals surface area contributed by atoms with Crippen LogP contribution in [0, 0.1) is 5.82 Å². The fourth-order valence-corrected chi connectivity index (χ4v) is 1.82. The molecule has 7 nitrogen and oxygen atoms in total. The summed E-state index contributed by atoms with van der Waals surface area (Å²) in [6.07, 6.45) is -6.73. The van der Waals surface area contributed by atoms with E-state index in [0.717, 1.165) is 6.07 Å². The Kier molecular flexibility index (Phi) is 4.31. The number of aromatic amines is 1. The molecule has 0 fully saturated rings. The van der Waals surface area contributed by atoms with E-state index in [0.29, 0.717) is 5.52 Å². The molecular weight excluding hydrogens is 271 g/mol. The van der Waals surface area contributed by atoms with E-state index in [1.54, 1.807) is 0 Å². The third-order valence-corrected chi connectivity index (χ3v) is 3.00. The van der Waals surface area contributed by atoms with Crippen molar-refractivity contribution in [2.75, 3.05) is 6.61 Å². The summed E-state index contributed by atoms with van der Waals surface area (Å²) in [5, 5.41) is 47.0. The zero-order chi connectivity index (χ0) is 14.9. The molecule has 0 amide bonds. The number of fused-ring (bicyclic) bond motifs is 1. The van der Waals surface area contributed by atoms with E-state index in [9.17, 15) is 24.8 Å². The van der Waals surface area contributed by atoms with Crippen molar-refractivity contribution in [3.8, 4) is 0 Å². The number of halogens is 1. The van der Waals surface area contributed by atoms with Crippen molar-refractivity contribution in [2.24, 2.45) is 0 Å². The van der Waals surface area contributed by atoms with Crippen LogP contribution in [0.2, 0.25) is 0 Å². The van der Waals surface area contributed by atoms with Gasteiger partial charge in [-0.05, 0) is 12.1 Å². The van der Waals surface area contributed by atoms with Crippen molar-refractivity contribution in [1.82, 2.24) is 9.97 Å². The van der Waals surface area contributed by atoms with E-state index in [4.69, 9.17) is 5.11 Å². The zero-order valence-corrected chi connectivity index (χ0v) is 10.3. The number of imidazole rings is 1. The number of benzene rings is 1. The van der Waals surface area contributed by atoms with Crippen LogP contribution >= 0.6 is 0 Å². The number of aliphatic hydroxyl groups excluding tert-OH is 5. The van der Waals surface area contributed by atoms with Crippen molar-refractivity contribution < 1.29 is 29.9 Å². The Labute approximate surface area is 113 Å². The molecule has 0 bridgehead atoms. The molecule has 0 saturated carbocycles. The average Bonchev–Trinajstić information content (AvgIpc) is 2.86. The average molecular weight is 286 g/mol. The Hall–Kier alpha value is -1.58. The summed E-state index contributed by atoms with van der Waals surface area (Å²) in [5.41, 5.74) is 0.702. The van der Waals surface area contributed by atoms with Gasteiger partial charge in [0.15, 0.2) is 0 Å². The predicted molar refractivity (Wildman–Crippen MR) is 66.1 cm³/mol. The highest BCUT2D eigenvalue weighted by Crippen LogP contribution is 2.21. The van der Waals surface area contributed by atoms with Gasteiger partial charge in [0.2, 0.25) is 0 Å². The number of hydrogen-bond acceptors (Lipinski definition) is 6. The Balaban J connectivity index is 2.24. The summed E-state index contributed by atoms with van der Waals surface area (Å²) < 4.78 is 13.0. The van der Waals surface area contributed by atoms with Gasteiger partial charge < -0.3 is 30.5 Å². The lowest BCUT2D eigenvalue weighted by Gasteiger charge is -2.24. The molecule has 0 spiro atoms. The van der Waals surface area contributed by atoms with E-state index in [2.05, 4.69) is 9.97 Å². The van der Waals surface area contributed by atoms with Gasteiger partial charge in [-0.3, -0.25) is 0 Å². The number of aromatic nitrogens is 2. The smallest absolute Gasteiger partial charge is 0.140 e. The maximum atomic E-state index is 13.0. The summed E-state index contributed by atoms with van der Waals surface area (Å²) in [6.45, 7) is -0.768. The van der Waals surface area contributed by atoms with Gasteiger partial charge in [-0.15, -0.1) is 0 Å². The van der Waals surface area contributed by atoms with Crippen LogP contribution in [-0.2, 0) is 0 Å². The first kappa shape index (κ1) is 14.8. The van der Waals surface area contributed by atoms with Gasteiger partial charge in [-0.2, -0.15) is 0 Å². The Bertz CT molecular complexity index is 590. The van der Waals surface area contributed by atoms with Gasteiger partial charge in [-0.25, -0.2) is 9.37 Å². The van der Waals surface area contributed by atoms with Crippen LogP contribution in [0.1, 0.15) is 11.9 Å². The van der Waals surface area contributed by atoms with E-state index >= 15 is 0 Å². The van der Waals surface area contributed by atoms with Gasteiger partial charge in [0.25, 0.3) is 0 Å². The summed E-state index contributed by atoms with van der Waals surface area (Å²) >= 11 is 0. The largest absolute Gasteiger partial charge is 0.394 e. The van der Waals surface area contributed by atoms with Crippen LogP contribution in [-0.4, -0.2) is 60.4 Å². The minimum absolute atomic E-state index is 0.0812. The highest BCUT2D eigenvalue weighted by molar-refractivity contribution is 5.75. The molecule has 8 heteroatoms. The predicted octanol–water partition coefficient (Wildman–Crippen LogP) is -1.19. The molecule has 110 valence electrons. The minimum atomic E-state index is -1.76. The number of nitrogens with one attached hydrogen (secondary N) is 1. The van der Waals surface area contributed by atoms with Crippen LogP contribution in [0.25, 0.3) is 11.0 Å². The molecule has 1 aromatic carbocycles. The molecule has 6 N–H and O–H groups in total. The molecule has 2 aromatic rings. The van der Waals surface area contributed by atoms with Gasteiger partial charge in [0.05, 0.1) is 17.6 Å². The lowest BCUT2D eigenvalue weighted by atomic mass is 10.0. The first-order chi connectivity index (χ1) is 9.43. The Morgan fingerprint density at radius 2 is 1.85 bits per heavy atom. The number of rotatable bonds is 5. The summed E-state index contributed by atoms with van der Waals surface area (Å²) in [6, 6.07) is 3.77. The van der Waals surface area contributed by atoms with Crippen molar-refractivity contribution in [3.05, 3.63) is 29.8 Å². The van der Waals surface area contributed by atoms with Crippen LogP contribution in [0.15, 0.2) is 18.2 Å². The first-order valence-corrected chi connectivity index (χ1v) is 5.92. The number of H-pyrrole nitrogens is 1. The van der Waals surface area contributed by atoms with E-state index in [-0.39, 0.29) is 11.3 Å². The highest BCUT2D eigenvalue weighted by Gasteiger charge is 2.32. The quantitative estimate of drug-likeness (QED) is 0.410. The molecule has 0 aliphatic heterocycles. The van der Waals surface area contributed by atoms with Crippen molar-refractivity contribution in [1.29, 1.82) is 0 Å². The molecule has 0 aliphatic carbocycles. The fourth-order valence-electron chi connectivity index (χ4n) is 1.82. The van der Waals surface area contributed by atoms with Gasteiger partial charge in [-0.1, -0.05) is 0 Å². The first-order valence-electron chi connectivity index (χ1n) is 5.92. The van der Waals surface area contributed by atoms with Crippen LogP contribution in [0.5, 0.6) is 0 Å². The van der Waals surface area contributed by atoms with Crippen LogP contribution in [0.4, 0.5) is 4.39 Å². The molecule has 3 unspecified atom stereocenters. The monoisotopic (exact) mass is 286 g/mol. The van der Waals surface area contributed by atoms with E-state index in [1.165, 1.54) is 12.1 Å².